The van der Waals surface area contributed by atoms with Gasteiger partial charge >= 0.3 is 0 Å². The molecule has 4 rings (SSSR count). The summed E-state index contributed by atoms with van der Waals surface area (Å²) in [6.07, 6.45) is 3.22. The first kappa shape index (κ1) is 10.8. The lowest BCUT2D eigenvalue weighted by atomic mass is 9.56. The van der Waals surface area contributed by atoms with Gasteiger partial charge in [0, 0.05) is 21.4 Å². The number of aromatic nitrogens is 2. The molecule has 1 aromatic heterocycles. The fourth-order valence-corrected chi connectivity index (χ4v) is 3.59. The Labute approximate surface area is 109 Å². The molecular formula is C13H13ClN2O2. The van der Waals surface area contributed by atoms with Crippen molar-refractivity contribution in [1.29, 1.82) is 0 Å². The largest absolute Gasteiger partial charge is 0.385 e. The Morgan fingerprint density at radius 3 is 2.78 bits per heavy atom. The molecule has 1 saturated heterocycles. The van der Waals surface area contributed by atoms with Crippen LogP contribution in [0.2, 0.25) is 5.02 Å². The number of nitrogens with zero attached hydrogens (tertiary/aromatic N) is 1. The molecule has 2 N–H and O–H groups in total. The predicted molar refractivity (Wildman–Crippen MR) is 67.5 cm³/mol. The van der Waals surface area contributed by atoms with Gasteiger partial charge in [0.2, 0.25) is 0 Å². The van der Waals surface area contributed by atoms with E-state index in [-0.39, 0.29) is 5.41 Å². The molecule has 2 fully saturated rings. The monoisotopic (exact) mass is 264 g/mol. The number of nitrogens with one attached hydrogen (secondary N) is 1. The van der Waals surface area contributed by atoms with E-state index in [0.29, 0.717) is 5.02 Å². The molecule has 4 nitrogen and oxygen atoms in total. The zero-order valence-electron chi connectivity index (χ0n) is 9.74. The third-order valence-corrected chi connectivity index (χ3v) is 4.38. The molecule has 1 aliphatic carbocycles. The quantitative estimate of drug-likeness (QED) is 0.830. The number of aliphatic hydroxyl groups is 1. The lowest BCUT2D eigenvalue weighted by Crippen LogP contribution is -2.59. The maximum atomic E-state index is 10.8. The number of fused-ring (bicyclic) bond motifs is 1. The highest BCUT2D eigenvalue weighted by Crippen LogP contribution is 2.58. The zero-order chi connectivity index (χ0) is 12.4. The van der Waals surface area contributed by atoms with Crippen LogP contribution in [0.1, 0.15) is 18.4 Å². The second-order valence-corrected chi connectivity index (χ2v) is 6.10. The van der Waals surface area contributed by atoms with Gasteiger partial charge in [-0.25, -0.2) is 0 Å². The molecule has 1 aromatic carbocycles. The van der Waals surface area contributed by atoms with Crippen molar-refractivity contribution in [3.63, 3.8) is 0 Å². The van der Waals surface area contributed by atoms with Gasteiger partial charge in [-0.3, -0.25) is 5.10 Å². The van der Waals surface area contributed by atoms with Crippen LogP contribution in [-0.2, 0) is 10.3 Å². The van der Waals surface area contributed by atoms with Gasteiger partial charge in [0.15, 0.2) is 0 Å². The third-order valence-electron chi connectivity index (χ3n) is 4.17. The van der Waals surface area contributed by atoms with E-state index < -0.39 is 5.60 Å². The lowest BCUT2D eigenvalue weighted by Gasteiger charge is -2.58. The Kier molecular flexibility index (Phi) is 1.95. The van der Waals surface area contributed by atoms with Crippen molar-refractivity contribution in [1.82, 2.24) is 10.2 Å². The van der Waals surface area contributed by atoms with Crippen LogP contribution in [-0.4, -0.2) is 28.5 Å². The highest BCUT2D eigenvalue weighted by molar-refractivity contribution is 6.31. The van der Waals surface area contributed by atoms with Crippen molar-refractivity contribution in [2.24, 2.45) is 5.41 Å². The fraction of sp³-hybridized carbons (Fsp3) is 0.462. The molecule has 0 bridgehead atoms. The number of hydrogen-bond acceptors (Lipinski definition) is 3. The molecule has 0 atom stereocenters. The van der Waals surface area contributed by atoms with Crippen LogP contribution in [0.5, 0.6) is 0 Å². The van der Waals surface area contributed by atoms with Crippen molar-refractivity contribution < 1.29 is 9.84 Å². The highest BCUT2D eigenvalue weighted by Gasteiger charge is 2.59. The maximum Gasteiger partial charge on any atom is 0.0931 e. The van der Waals surface area contributed by atoms with Crippen molar-refractivity contribution in [3.8, 4) is 0 Å². The van der Waals surface area contributed by atoms with Crippen LogP contribution in [0.15, 0.2) is 18.3 Å². The summed E-state index contributed by atoms with van der Waals surface area (Å²) in [6, 6.07) is 3.70. The smallest absolute Gasteiger partial charge is 0.0931 e. The van der Waals surface area contributed by atoms with Gasteiger partial charge in [-0.1, -0.05) is 11.6 Å². The van der Waals surface area contributed by atoms with E-state index in [1.54, 1.807) is 6.20 Å². The number of H-pyrrole nitrogens is 1. The molecular weight excluding hydrogens is 252 g/mol. The van der Waals surface area contributed by atoms with E-state index in [4.69, 9.17) is 16.3 Å². The number of halogens is 1. The van der Waals surface area contributed by atoms with Crippen LogP contribution in [0.4, 0.5) is 0 Å². The van der Waals surface area contributed by atoms with Crippen LogP contribution in [0, 0.1) is 5.41 Å². The first-order chi connectivity index (χ1) is 8.60. The molecule has 2 aliphatic rings. The first-order valence-electron chi connectivity index (χ1n) is 6.04. The van der Waals surface area contributed by atoms with Crippen molar-refractivity contribution >= 4 is 22.5 Å². The second kappa shape index (κ2) is 3.26. The van der Waals surface area contributed by atoms with Crippen LogP contribution in [0.3, 0.4) is 0 Å². The average molecular weight is 265 g/mol. The summed E-state index contributed by atoms with van der Waals surface area (Å²) in [5.74, 6) is 0. The summed E-state index contributed by atoms with van der Waals surface area (Å²) in [6.45, 7) is 1.53. The van der Waals surface area contributed by atoms with Crippen LogP contribution in [0.25, 0.3) is 10.9 Å². The Balaban J connectivity index is 1.80. The van der Waals surface area contributed by atoms with Gasteiger partial charge in [-0.2, -0.15) is 5.10 Å². The van der Waals surface area contributed by atoms with Gasteiger partial charge in [-0.15, -0.1) is 0 Å². The second-order valence-electron chi connectivity index (χ2n) is 5.67. The molecule has 2 heterocycles. The molecule has 0 unspecified atom stereocenters. The highest BCUT2D eigenvalue weighted by atomic mass is 35.5. The fourth-order valence-electron chi connectivity index (χ4n) is 3.36. The molecule has 1 spiro atoms. The molecule has 18 heavy (non-hydrogen) atoms. The number of ether oxygens (including phenoxy) is 1. The van der Waals surface area contributed by atoms with Crippen molar-refractivity contribution in [2.45, 2.75) is 18.4 Å². The summed E-state index contributed by atoms with van der Waals surface area (Å²) >= 11 is 6.11. The van der Waals surface area contributed by atoms with E-state index in [1.807, 2.05) is 12.1 Å². The van der Waals surface area contributed by atoms with E-state index in [2.05, 4.69) is 10.2 Å². The Morgan fingerprint density at radius 1 is 1.33 bits per heavy atom. The van der Waals surface area contributed by atoms with E-state index >= 15 is 0 Å². The molecule has 0 amide bonds. The molecule has 0 radical (unpaired) electrons. The normalized spacial score (nSPS) is 23.9. The number of aromatic amines is 1. The minimum Gasteiger partial charge on any atom is -0.385 e. The van der Waals surface area contributed by atoms with E-state index in [0.717, 1.165) is 42.5 Å². The molecule has 94 valence electrons. The predicted octanol–water partition coefficient (Wildman–Crippen LogP) is 2.21. The van der Waals surface area contributed by atoms with Gasteiger partial charge in [0.05, 0.1) is 30.5 Å². The molecule has 1 saturated carbocycles. The number of benzene rings is 1. The minimum atomic E-state index is -0.792. The molecule has 1 aliphatic heterocycles. The summed E-state index contributed by atoms with van der Waals surface area (Å²) < 4.78 is 5.25. The van der Waals surface area contributed by atoms with Crippen LogP contribution >= 0.6 is 11.6 Å². The molecule has 2 aromatic rings. The Morgan fingerprint density at radius 2 is 2.11 bits per heavy atom. The van der Waals surface area contributed by atoms with E-state index in [9.17, 15) is 5.11 Å². The van der Waals surface area contributed by atoms with Crippen LogP contribution < -0.4 is 0 Å². The lowest BCUT2D eigenvalue weighted by molar-refractivity contribution is -0.244. The third kappa shape index (κ3) is 1.31. The number of hydrogen-bond donors (Lipinski definition) is 2. The number of rotatable bonds is 1. The first-order valence-corrected chi connectivity index (χ1v) is 6.41. The van der Waals surface area contributed by atoms with Gasteiger partial charge in [-0.05, 0) is 25.0 Å². The topological polar surface area (TPSA) is 58.1 Å². The Hall–Kier alpha value is -1.10. The summed E-state index contributed by atoms with van der Waals surface area (Å²) in [5.41, 5.74) is 1.15. The van der Waals surface area contributed by atoms with E-state index in [1.165, 1.54) is 0 Å². The van der Waals surface area contributed by atoms with Gasteiger partial charge in [0.25, 0.3) is 0 Å². The van der Waals surface area contributed by atoms with Gasteiger partial charge < -0.3 is 9.84 Å². The maximum absolute atomic E-state index is 10.8. The minimum absolute atomic E-state index is 0.198. The van der Waals surface area contributed by atoms with Gasteiger partial charge in [0.1, 0.15) is 0 Å². The zero-order valence-corrected chi connectivity index (χ0v) is 10.5. The Bertz CT molecular complexity index is 625. The molecule has 5 heteroatoms. The van der Waals surface area contributed by atoms with Crippen molar-refractivity contribution in [3.05, 3.63) is 28.9 Å². The summed E-state index contributed by atoms with van der Waals surface area (Å²) in [5, 5.41) is 19.3. The standard InChI is InChI=1S/C13H13ClN2O2/c14-9-1-8-3-15-16-11(8)10(2-9)13(17)4-12(5-13)6-18-7-12/h1-3,17H,4-7H2,(H,15,16). The summed E-state index contributed by atoms with van der Waals surface area (Å²) in [7, 11) is 0. The summed E-state index contributed by atoms with van der Waals surface area (Å²) in [4.78, 5) is 0. The SMILES string of the molecule is OC1(c2cc(Cl)cc3cn[nH]c23)CC2(COC2)C1. The van der Waals surface area contributed by atoms with Crippen molar-refractivity contribution in [2.75, 3.05) is 13.2 Å². The average Bonchev–Trinajstić information content (AvgIpc) is 2.68.